The highest BCUT2D eigenvalue weighted by molar-refractivity contribution is 5.87. The van der Waals surface area contributed by atoms with Crippen LogP contribution in [0.25, 0.3) is 10.9 Å². The molecule has 3 rings (SSSR count). The van der Waals surface area contributed by atoms with E-state index in [1.807, 2.05) is 0 Å². The molecule has 1 aromatic heterocycles. The van der Waals surface area contributed by atoms with E-state index in [4.69, 9.17) is 5.73 Å². The number of alkyl halides is 3. The summed E-state index contributed by atoms with van der Waals surface area (Å²) < 4.78 is 39.1. The summed E-state index contributed by atoms with van der Waals surface area (Å²) >= 11 is 0. The molecule has 102 valence electrons. The molecule has 1 heterocycles. The van der Waals surface area contributed by atoms with Crippen LogP contribution in [0.4, 0.5) is 13.2 Å². The number of halogens is 3. The lowest BCUT2D eigenvalue weighted by atomic mass is 10.00. The van der Waals surface area contributed by atoms with Crippen molar-refractivity contribution in [3.63, 3.8) is 0 Å². The summed E-state index contributed by atoms with van der Waals surface area (Å²) in [4.78, 5) is 2.92. The average Bonchev–Trinajstić information content (AvgIpc) is 2.93. The van der Waals surface area contributed by atoms with Gasteiger partial charge in [0.15, 0.2) is 0 Å². The van der Waals surface area contributed by atoms with Gasteiger partial charge in [-0.2, -0.15) is 13.2 Å². The first-order valence-electron chi connectivity index (χ1n) is 6.34. The number of aromatic nitrogens is 1. The second kappa shape index (κ2) is 4.00. The van der Waals surface area contributed by atoms with Gasteiger partial charge in [-0.15, -0.1) is 0 Å². The normalized spacial score (nSPS) is 17.9. The molecule has 3 N–H and O–H groups in total. The van der Waals surface area contributed by atoms with E-state index in [1.54, 1.807) is 12.3 Å². The molecule has 0 atom stereocenters. The number of hydrogen-bond donors (Lipinski definition) is 2. The lowest BCUT2D eigenvalue weighted by molar-refractivity contribution is -0.136. The van der Waals surface area contributed by atoms with Crippen LogP contribution in [0.2, 0.25) is 0 Å². The third-order valence-electron chi connectivity index (χ3n) is 3.88. The molecule has 1 fully saturated rings. The largest absolute Gasteiger partial charge is 0.417 e. The molecule has 0 unspecified atom stereocenters. The molecule has 0 bridgehead atoms. The predicted octanol–water partition coefficient (Wildman–Crippen LogP) is 3.61. The van der Waals surface area contributed by atoms with Gasteiger partial charge in [0.05, 0.1) is 5.56 Å². The van der Waals surface area contributed by atoms with Crippen LogP contribution < -0.4 is 5.73 Å². The second-order valence-corrected chi connectivity index (χ2v) is 5.40. The zero-order valence-electron chi connectivity index (χ0n) is 10.3. The molecule has 2 nitrogen and oxygen atoms in total. The highest BCUT2D eigenvalue weighted by Gasteiger charge is 2.38. The Labute approximate surface area is 108 Å². The third kappa shape index (κ3) is 2.34. The molecular weight excluding hydrogens is 253 g/mol. The topological polar surface area (TPSA) is 41.8 Å². The van der Waals surface area contributed by atoms with Crippen molar-refractivity contribution in [2.24, 2.45) is 5.73 Å². The highest BCUT2D eigenvalue weighted by atomic mass is 19.4. The number of aromatic amines is 1. The molecule has 0 amide bonds. The maximum atomic E-state index is 13.0. The van der Waals surface area contributed by atoms with Gasteiger partial charge in [0.1, 0.15) is 0 Å². The van der Waals surface area contributed by atoms with Crippen LogP contribution >= 0.6 is 0 Å². The Morgan fingerprint density at radius 2 is 2.00 bits per heavy atom. The van der Waals surface area contributed by atoms with Gasteiger partial charge in [-0.3, -0.25) is 0 Å². The number of nitrogens with one attached hydrogen (secondary N) is 1. The average molecular weight is 268 g/mol. The van der Waals surface area contributed by atoms with Crippen molar-refractivity contribution in [2.45, 2.75) is 37.4 Å². The van der Waals surface area contributed by atoms with Crippen LogP contribution in [0.1, 0.15) is 30.4 Å². The van der Waals surface area contributed by atoms with Crippen molar-refractivity contribution >= 4 is 10.9 Å². The van der Waals surface area contributed by atoms with Gasteiger partial charge in [-0.25, -0.2) is 0 Å². The maximum Gasteiger partial charge on any atom is 0.417 e. The maximum absolute atomic E-state index is 13.0. The minimum Gasteiger partial charge on any atom is -0.361 e. The van der Waals surface area contributed by atoms with E-state index < -0.39 is 11.7 Å². The van der Waals surface area contributed by atoms with Crippen molar-refractivity contribution in [1.29, 1.82) is 0 Å². The number of H-pyrrole nitrogens is 1. The van der Waals surface area contributed by atoms with E-state index >= 15 is 0 Å². The van der Waals surface area contributed by atoms with E-state index in [-0.39, 0.29) is 5.54 Å². The van der Waals surface area contributed by atoms with Gasteiger partial charge in [-0.05, 0) is 43.4 Å². The number of fused-ring (bicyclic) bond motifs is 1. The molecule has 0 spiro atoms. The minimum atomic E-state index is -4.32. The molecule has 19 heavy (non-hydrogen) atoms. The molecule has 5 heteroatoms. The number of nitrogens with two attached hydrogens (primary N) is 1. The van der Waals surface area contributed by atoms with Gasteiger partial charge in [0.25, 0.3) is 0 Å². The summed E-state index contributed by atoms with van der Waals surface area (Å²) in [5, 5.41) is 0.291. The van der Waals surface area contributed by atoms with Crippen LogP contribution in [0.15, 0.2) is 24.4 Å². The number of benzene rings is 1. The molecule has 1 aliphatic rings. The third-order valence-corrected chi connectivity index (χ3v) is 3.88. The first-order valence-corrected chi connectivity index (χ1v) is 6.34. The Kier molecular flexibility index (Phi) is 2.64. The summed E-state index contributed by atoms with van der Waals surface area (Å²) in [7, 11) is 0. The molecule has 0 radical (unpaired) electrons. The van der Waals surface area contributed by atoms with Crippen LogP contribution in [0, 0.1) is 0 Å². The van der Waals surface area contributed by atoms with Gasteiger partial charge in [0, 0.05) is 22.6 Å². The van der Waals surface area contributed by atoms with E-state index in [1.165, 1.54) is 6.07 Å². The van der Waals surface area contributed by atoms with E-state index in [9.17, 15) is 13.2 Å². The lowest BCUT2D eigenvalue weighted by Crippen LogP contribution is -2.22. The highest BCUT2D eigenvalue weighted by Crippen LogP contribution is 2.39. The standard InChI is InChI=1S/C14H15F3N2/c15-14(16,17)10-2-1-3-11-12(10)9(8-19-11)4-5-13(18)6-7-13/h1-3,8,19H,4-7,18H2. The fourth-order valence-corrected chi connectivity index (χ4v) is 2.48. The molecule has 1 aliphatic carbocycles. The SMILES string of the molecule is NC1(CCc2c[nH]c3cccc(C(F)(F)F)c23)CC1. The Bertz CT molecular complexity index is 609. The minimum absolute atomic E-state index is 0.142. The monoisotopic (exact) mass is 268 g/mol. The van der Waals surface area contributed by atoms with Crippen molar-refractivity contribution in [3.05, 3.63) is 35.5 Å². The van der Waals surface area contributed by atoms with Gasteiger partial charge < -0.3 is 10.7 Å². The Balaban J connectivity index is 2.00. The summed E-state index contributed by atoms with van der Waals surface area (Å²) in [6.45, 7) is 0. The van der Waals surface area contributed by atoms with Crippen LogP contribution in [-0.4, -0.2) is 10.5 Å². The second-order valence-electron chi connectivity index (χ2n) is 5.40. The van der Waals surface area contributed by atoms with Gasteiger partial charge in [-0.1, -0.05) is 6.07 Å². The van der Waals surface area contributed by atoms with Crippen LogP contribution in [-0.2, 0) is 12.6 Å². The molecule has 1 aromatic carbocycles. The fraction of sp³-hybridized carbons (Fsp3) is 0.429. The van der Waals surface area contributed by atoms with Gasteiger partial charge >= 0.3 is 6.18 Å². The number of aryl methyl sites for hydroxylation is 1. The van der Waals surface area contributed by atoms with E-state index in [0.717, 1.165) is 25.3 Å². The Morgan fingerprint density at radius 3 is 2.63 bits per heavy atom. The molecule has 1 saturated carbocycles. The Morgan fingerprint density at radius 1 is 1.26 bits per heavy atom. The van der Waals surface area contributed by atoms with Crippen molar-refractivity contribution in [2.75, 3.05) is 0 Å². The summed E-state index contributed by atoms with van der Waals surface area (Å²) in [5.41, 5.74) is 6.53. The molecule has 0 saturated heterocycles. The van der Waals surface area contributed by atoms with Crippen LogP contribution in [0.5, 0.6) is 0 Å². The summed E-state index contributed by atoms with van der Waals surface area (Å²) in [6.07, 6.45) is 0.626. The first kappa shape index (κ1) is 12.5. The molecule has 0 aliphatic heterocycles. The van der Waals surface area contributed by atoms with E-state index in [0.29, 0.717) is 22.9 Å². The van der Waals surface area contributed by atoms with Crippen LogP contribution in [0.3, 0.4) is 0 Å². The van der Waals surface area contributed by atoms with Crippen molar-refractivity contribution in [3.8, 4) is 0 Å². The Hall–Kier alpha value is -1.49. The lowest BCUT2D eigenvalue weighted by Gasteiger charge is -2.11. The number of rotatable bonds is 3. The first-order chi connectivity index (χ1) is 8.89. The quantitative estimate of drug-likeness (QED) is 0.877. The predicted molar refractivity (Wildman–Crippen MR) is 67.8 cm³/mol. The van der Waals surface area contributed by atoms with E-state index in [2.05, 4.69) is 4.98 Å². The van der Waals surface area contributed by atoms with Crippen molar-refractivity contribution < 1.29 is 13.2 Å². The summed E-state index contributed by atoms with van der Waals surface area (Å²) in [5.74, 6) is 0. The molecular formula is C14H15F3N2. The smallest absolute Gasteiger partial charge is 0.361 e. The van der Waals surface area contributed by atoms with Gasteiger partial charge in [0.2, 0.25) is 0 Å². The summed E-state index contributed by atoms with van der Waals surface area (Å²) in [6, 6.07) is 4.23. The zero-order valence-corrected chi connectivity index (χ0v) is 10.3. The zero-order chi connectivity index (χ0) is 13.7. The van der Waals surface area contributed by atoms with Crippen molar-refractivity contribution in [1.82, 2.24) is 4.98 Å². The molecule has 2 aromatic rings. The fourth-order valence-electron chi connectivity index (χ4n) is 2.48. The number of hydrogen-bond acceptors (Lipinski definition) is 1.